The second-order valence-electron chi connectivity index (χ2n) is 10.7. The molecule has 0 bridgehead atoms. The molecule has 206 valence electrons. The molecule has 0 amide bonds. The molecule has 4 aromatic carbocycles. The van der Waals surface area contributed by atoms with Gasteiger partial charge in [0.1, 0.15) is 73.8 Å². The van der Waals surface area contributed by atoms with Gasteiger partial charge in [0, 0.05) is 11.1 Å². The Kier molecular flexibility index (Phi) is 6.14. The Labute approximate surface area is 231 Å². The largest absolute Gasteiger partial charge is 0.491 e. The van der Waals surface area contributed by atoms with Crippen LogP contribution in [0, 0.1) is 0 Å². The molecule has 4 heterocycles. The van der Waals surface area contributed by atoms with E-state index in [-0.39, 0.29) is 24.4 Å². The molecule has 0 aromatic heterocycles. The Bertz CT molecular complexity index is 1420. The first-order valence-electron chi connectivity index (χ1n) is 13.9. The Morgan fingerprint density at radius 3 is 1.20 bits per heavy atom. The van der Waals surface area contributed by atoms with Gasteiger partial charge >= 0.3 is 0 Å². The Balaban J connectivity index is 1.29. The van der Waals surface area contributed by atoms with Crippen molar-refractivity contribution in [2.75, 3.05) is 52.9 Å². The molecule has 8 nitrogen and oxygen atoms in total. The summed E-state index contributed by atoms with van der Waals surface area (Å²) in [6.45, 7) is 4.98. The Morgan fingerprint density at radius 1 is 0.475 bits per heavy atom. The third-order valence-corrected chi connectivity index (χ3v) is 7.49. The van der Waals surface area contributed by atoms with E-state index in [9.17, 15) is 0 Å². The number of rotatable bonds is 13. The highest BCUT2D eigenvalue weighted by Crippen LogP contribution is 2.47. The van der Waals surface area contributed by atoms with Gasteiger partial charge in [0.15, 0.2) is 0 Å². The summed E-state index contributed by atoms with van der Waals surface area (Å²) in [5.74, 6) is 3.11. The van der Waals surface area contributed by atoms with Crippen LogP contribution in [0.4, 0.5) is 0 Å². The lowest BCUT2D eigenvalue weighted by Crippen LogP contribution is -2.08. The standard InChI is InChI=1S/C32H30O8/c1-5-21(33-11-23-13-35-23)9-27-19(1)3-7-29(39-17-25-15-37-25)31(27)32-28-10-22(34-12-24-14-36-24)6-2-20(28)4-8-30(32)40-18-26-16-38-26/h1-10,23-26H,11-18H2. The first kappa shape index (κ1) is 24.3. The SMILES string of the molecule is c1cc2ccc(OCC3CO3)c(-c3c(OCC4CO4)ccc4ccc(OCC5CO5)cc34)c2cc1OCC1CO1. The molecule has 4 unspecified atom stereocenters. The van der Waals surface area contributed by atoms with Crippen LogP contribution < -0.4 is 18.9 Å². The minimum absolute atomic E-state index is 0.122. The predicted octanol–water partition coefficient (Wildman–Crippen LogP) is 4.77. The van der Waals surface area contributed by atoms with Crippen molar-refractivity contribution in [1.82, 2.24) is 0 Å². The molecule has 0 N–H and O–H groups in total. The third-order valence-electron chi connectivity index (χ3n) is 7.49. The number of hydrogen-bond acceptors (Lipinski definition) is 8. The molecule has 4 fully saturated rings. The van der Waals surface area contributed by atoms with Crippen LogP contribution in [-0.2, 0) is 18.9 Å². The van der Waals surface area contributed by atoms with Crippen molar-refractivity contribution in [2.24, 2.45) is 0 Å². The second-order valence-corrected chi connectivity index (χ2v) is 10.7. The highest BCUT2D eigenvalue weighted by Gasteiger charge is 2.28. The molecule has 4 aromatic rings. The number of fused-ring (bicyclic) bond motifs is 2. The molecule has 4 aliphatic heterocycles. The van der Waals surface area contributed by atoms with E-state index in [1.165, 1.54) is 0 Å². The summed E-state index contributed by atoms with van der Waals surface area (Å²) in [4.78, 5) is 0. The summed E-state index contributed by atoms with van der Waals surface area (Å²) in [5, 5.41) is 4.18. The molecule has 8 rings (SSSR count). The lowest BCUT2D eigenvalue weighted by molar-refractivity contribution is 0.261. The van der Waals surface area contributed by atoms with Crippen LogP contribution in [0.3, 0.4) is 0 Å². The van der Waals surface area contributed by atoms with E-state index in [2.05, 4.69) is 36.4 Å². The monoisotopic (exact) mass is 542 g/mol. The van der Waals surface area contributed by atoms with Gasteiger partial charge in [-0.05, 0) is 57.9 Å². The van der Waals surface area contributed by atoms with Crippen molar-refractivity contribution in [2.45, 2.75) is 24.4 Å². The number of epoxide rings is 4. The zero-order valence-corrected chi connectivity index (χ0v) is 22.0. The van der Waals surface area contributed by atoms with Crippen LogP contribution in [0.2, 0.25) is 0 Å². The second kappa shape index (κ2) is 10.1. The van der Waals surface area contributed by atoms with Gasteiger partial charge in [-0.15, -0.1) is 0 Å². The first-order valence-corrected chi connectivity index (χ1v) is 13.9. The molecular weight excluding hydrogens is 512 g/mol. The third kappa shape index (κ3) is 5.40. The van der Waals surface area contributed by atoms with E-state index in [0.29, 0.717) is 26.4 Å². The van der Waals surface area contributed by atoms with Crippen LogP contribution in [0.5, 0.6) is 23.0 Å². The summed E-state index contributed by atoms with van der Waals surface area (Å²) >= 11 is 0. The van der Waals surface area contributed by atoms with E-state index < -0.39 is 0 Å². The van der Waals surface area contributed by atoms with E-state index >= 15 is 0 Å². The minimum atomic E-state index is 0.122. The van der Waals surface area contributed by atoms with Crippen LogP contribution in [-0.4, -0.2) is 77.3 Å². The van der Waals surface area contributed by atoms with Crippen LogP contribution in [0.1, 0.15) is 0 Å². The highest BCUT2D eigenvalue weighted by molar-refractivity contribution is 6.10. The smallest absolute Gasteiger partial charge is 0.128 e. The normalized spacial score (nSPS) is 24.1. The zero-order valence-electron chi connectivity index (χ0n) is 22.0. The van der Waals surface area contributed by atoms with E-state index in [4.69, 9.17) is 37.9 Å². The van der Waals surface area contributed by atoms with Crippen molar-refractivity contribution in [3.05, 3.63) is 60.7 Å². The fourth-order valence-electron chi connectivity index (χ4n) is 4.89. The number of ether oxygens (including phenoxy) is 8. The molecule has 4 atom stereocenters. The number of benzene rings is 4. The zero-order chi connectivity index (χ0) is 26.5. The Hall–Kier alpha value is -3.56. The molecule has 0 aliphatic carbocycles. The first-order chi connectivity index (χ1) is 19.8. The fourth-order valence-corrected chi connectivity index (χ4v) is 4.89. The molecule has 0 spiro atoms. The predicted molar refractivity (Wildman–Crippen MR) is 148 cm³/mol. The summed E-state index contributed by atoms with van der Waals surface area (Å²) < 4.78 is 46.6. The van der Waals surface area contributed by atoms with E-state index in [0.717, 1.165) is 82.1 Å². The van der Waals surface area contributed by atoms with Gasteiger partial charge in [-0.1, -0.05) is 24.3 Å². The van der Waals surface area contributed by atoms with Crippen LogP contribution in [0.15, 0.2) is 60.7 Å². The van der Waals surface area contributed by atoms with Gasteiger partial charge in [-0.25, -0.2) is 0 Å². The molecule has 0 radical (unpaired) electrons. The average molecular weight is 543 g/mol. The summed E-state index contributed by atoms with van der Waals surface area (Å²) in [6, 6.07) is 20.6. The van der Waals surface area contributed by atoms with E-state index in [1.54, 1.807) is 0 Å². The van der Waals surface area contributed by atoms with Gasteiger partial charge in [0.25, 0.3) is 0 Å². The fraction of sp³-hybridized carbons (Fsp3) is 0.375. The average Bonchev–Trinajstić information content (AvgIpc) is 3.82. The van der Waals surface area contributed by atoms with Crippen molar-refractivity contribution in [1.29, 1.82) is 0 Å². The number of hydrogen-bond donors (Lipinski definition) is 0. The molecule has 4 aliphatic rings. The molecule has 0 saturated carbocycles. The van der Waals surface area contributed by atoms with Crippen molar-refractivity contribution in [3.63, 3.8) is 0 Å². The lowest BCUT2D eigenvalue weighted by Gasteiger charge is -2.20. The van der Waals surface area contributed by atoms with Crippen molar-refractivity contribution >= 4 is 21.5 Å². The quantitative estimate of drug-likeness (QED) is 0.223. The summed E-state index contributed by atoms with van der Waals surface area (Å²) in [5.41, 5.74) is 1.90. The van der Waals surface area contributed by atoms with Crippen LogP contribution in [0.25, 0.3) is 32.7 Å². The molecule has 4 saturated heterocycles. The van der Waals surface area contributed by atoms with Gasteiger partial charge in [-0.3, -0.25) is 0 Å². The topological polar surface area (TPSA) is 87.0 Å². The summed E-state index contributed by atoms with van der Waals surface area (Å²) in [7, 11) is 0. The minimum Gasteiger partial charge on any atom is -0.491 e. The van der Waals surface area contributed by atoms with Gasteiger partial charge in [0.2, 0.25) is 0 Å². The maximum atomic E-state index is 6.42. The van der Waals surface area contributed by atoms with Gasteiger partial charge in [0.05, 0.1) is 26.4 Å². The van der Waals surface area contributed by atoms with Crippen molar-refractivity contribution in [3.8, 4) is 34.1 Å². The maximum absolute atomic E-state index is 6.42. The van der Waals surface area contributed by atoms with E-state index in [1.807, 2.05) is 24.3 Å². The van der Waals surface area contributed by atoms with Gasteiger partial charge in [-0.2, -0.15) is 0 Å². The summed E-state index contributed by atoms with van der Waals surface area (Å²) in [6.07, 6.45) is 0.587. The van der Waals surface area contributed by atoms with Crippen LogP contribution >= 0.6 is 0 Å². The maximum Gasteiger partial charge on any atom is 0.128 e. The lowest BCUT2D eigenvalue weighted by atomic mass is 9.92. The molecule has 8 heteroatoms. The molecule has 40 heavy (non-hydrogen) atoms. The molecular formula is C32H30O8. The van der Waals surface area contributed by atoms with Crippen molar-refractivity contribution < 1.29 is 37.9 Å². The van der Waals surface area contributed by atoms with Gasteiger partial charge < -0.3 is 37.9 Å². The highest BCUT2D eigenvalue weighted by atomic mass is 16.6. The Morgan fingerprint density at radius 2 is 0.825 bits per heavy atom.